The minimum Gasteiger partial charge on any atom is -0.495 e. The molecule has 104 valence electrons. The molecule has 1 amide bonds. The lowest BCUT2D eigenvalue weighted by atomic mass is 10.1. The average Bonchev–Trinajstić information content (AvgIpc) is 2.42. The van der Waals surface area contributed by atoms with E-state index in [1.54, 1.807) is 25.3 Å². The van der Waals surface area contributed by atoms with E-state index in [-0.39, 0.29) is 5.91 Å². The van der Waals surface area contributed by atoms with Gasteiger partial charge in [-0.2, -0.15) is 0 Å². The first-order valence-electron chi connectivity index (χ1n) is 6.33. The van der Waals surface area contributed by atoms with Gasteiger partial charge in [0.25, 0.3) is 5.91 Å². The number of methoxy groups -OCH3 is 1. The van der Waals surface area contributed by atoms with Gasteiger partial charge >= 0.3 is 0 Å². The Kier molecular flexibility index (Phi) is 3.94. The zero-order valence-electron chi connectivity index (χ0n) is 11.9. The molecule has 4 heteroatoms. The van der Waals surface area contributed by atoms with Gasteiger partial charge in [0, 0.05) is 11.3 Å². The standard InChI is InChI=1S/C16H18N2O2/c1-10-4-6-13(8-11(10)2)18-16(19)12-5-7-15(20-3)14(17)9-12/h4-9H,17H2,1-3H3,(H,18,19). The normalized spacial score (nSPS) is 10.2. The molecule has 2 rings (SSSR count). The molecule has 3 N–H and O–H groups in total. The van der Waals surface area contributed by atoms with Gasteiger partial charge in [0.1, 0.15) is 5.75 Å². The molecule has 2 aromatic rings. The third-order valence-electron chi connectivity index (χ3n) is 3.26. The minimum atomic E-state index is -0.192. The van der Waals surface area contributed by atoms with Gasteiger partial charge in [0.2, 0.25) is 0 Å². The van der Waals surface area contributed by atoms with Gasteiger partial charge in [-0.3, -0.25) is 4.79 Å². The summed E-state index contributed by atoms with van der Waals surface area (Å²) < 4.78 is 5.07. The predicted octanol–water partition coefficient (Wildman–Crippen LogP) is 3.15. The van der Waals surface area contributed by atoms with Crippen molar-refractivity contribution in [1.29, 1.82) is 0 Å². The van der Waals surface area contributed by atoms with Crippen LogP contribution >= 0.6 is 0 Å². The van der Waals surface area contributed by atoms with Crippen LogP contribution in [0.4, 0.5) is 11.4 Å². The minimum absolute atomic E-state index is 0.192. The number of aryl methyl sites for hydroxylation is 2. The van der Waals surface area contributed by atoms with Crippen molar-refractivity contribution in [3.05, 3.63) is 53.1 Å². The summed E-state index contributed by atoms with van der Waals surface area (Å²) in [4.78, 5) is 12.2. The zero-order valence-corrected chi connectivity index (χ0v) is 11.9. The van der Waals surface area contributed by atoms with E-state index in [4.69, 9.17) is 10.5 Å². The second-order valence-electron chi connectivity index (χ2n) is 4.71. The smallest absolute Gasteiger partial charge is 0.255 e. The number of anilines is 2. The van der Waals surface area contributed by atoms with Crippen LogP contribution in [0.5, 0.6) is 5.75 Å². The molecule has 0 unspecified atom stereocenters. The van der Waals surface area contributed by atoms with Crippen molar-refractivity contribution in [2.75, 3.05) is 18.2 Å². The summed E-state index contributed by atoms with van der Waals surface area (Å²) in [5, 5.41) is 2.86. The van der Waals surface area contributed by atoms with Crippen molar-refractivity contribution in [3.63, 3.8) is 0 Å². The van der Waals surface area contributed by atoms with Gasteiger partial charge in [-0.25, -0.2) is 0 Å². The van der Waals surface area contributed by atoms with Gasteiger partial charge in [-0.05, 0) is 55.3 Å². The molecule has 0 saturated carbocycles. The number of benzene rings is 2. The molecule has 0 aliphatic carbocycles. The van der Waals surface area contributed by atoms with E-state index < -0.39 is 0 Å². The molecule has 0 aliphatic rings. The SMILES string of the molecule is COc1ccc(C(=O)Nc2ccc(C)c(C)c2)cc1N. The average molecular weight is 270 g/mol. The summed E-state index contributed by atoms with van der Waals surface area (Å²) in [5.41, 5.74) is 9.85. The van der Waals surface area contributed by atoms with Crippen LogP contribution < -0.4 is 15.8 Å². The van der Waals surface area contributed by atoms with Crippen LogP contribution in [0.2, 0.25) is 0 Å². The van der Waals surface area contributed by atoms with E-state index >= 15 is 0 Å². The summed E-state index contributed by atoms with van der Waals surface area (Å²) in [7, 11) is 1.54. The summed E-state index contributed by atoms with van der Waals surface area (Å²) in [6.45, 7) is 4.04. The maximum absolute atomic E-state index is 12.2. The van der Waals surface area contributed by atoms with Crippen LogP contribution in [-0.4, -0.2) is 13.0 Å². The highest BCUT2D eigenvalue weighted by Crippen LogP contribution is 2.22. The Labute approximate surface area is 118 Å². The molecule has 4 nitrogen and oxygen atoms in total. The van der Waals surface area contributed by atoms with Crippen LogP contribution in [0.25, 0.3) is 0 Å². The van der Waals surface area contributed by atoms with Gasteiger partial charge in [-0.15, -0.1) is 0 Å². The molecule has 0 aliphatic heterocycles. The van der Waals surface area contributed by atoms with Crippen LogP contribution in [0.15, 0.2) is 36.4 Å². The predicted molar refractivity (Wildman–Crippen MR) is 81.3 cm³/mol. The van der Waals surface area contributed by atoms with Gasteiger partial charge in [0.15, 0.2) is 0 Å². The molecular formula is C16H18N2O2. The first kappa shape index (κ1) is 13.9. The lowest BCUT2D eigenvalue weighted by Crippen LogP contribution is -2.12. The van der Waals surface area contributed by atoms with Crippen molar-refractivity contribution in [3.8, 4) is 5.75 Å². The van der Waals surface area contributed by atoms with Crippen LogP contribution in [0, 0.1) is 13.8 Å². The van der Waals surface area contributed by atoms with Gasteiger partial charge < -0.3 is 15.8 Å². The zero-order chi connectivity index (χ0) is 14.7. The lowest BCUT2D eigenvalue weighted by Gasteiger charge is -2.09. The van der Waals surface area contributed by atoms with E-state index in [2.05, 4.69) is 5.32 Å². The van der Waals surface area contributed by atoms with Crippen molar-refractivity contribution < 1.29 is 9.53 Å². The summed E-state index contributed by atoms with van der Waals surface area (Å²) in [5.74, 6) is 0.371. The van der Waals surface area contributed by atoms with Crippen molar-refractivity contribution >= 4 is 17.3 Å². The molecule has 0 atom stereocenters. The largest absolute Gasteiger partial charge is 0.495 e. The Bertz CT molecular complexity index is 651. The molecule has 0 heterocycles. The Balaban J connectivity index is 2.19. The van der Waals surface area contributed by atoms with Crippen molar-refractivity contribution in [1.82, 2.24) is 0 Å². The fourth-order valence-corrected chi connectivity index (χ4v) is 1.90. The van der Waals surface area contributed by atoms with Crippen molar-refractivity contribution in [2.45, 2.75) is 13.8 Å². The number of hydrogen-bond donors (Lipinski definition) is 2. The topological polar surface area (TPSA) is 64.3 Å². The highest BCUT2D eigenvalue weighted by molar-refractivity contribution is 6.05. The molecule has 0 bridgehead atoms. The van der Waals surface area contributed by atoms with Crippen molar-refractivity contribution in [2.24, 2.45) is 0 Å². The summed E-state index contributed by atoms with van der Waals surface area (Å²) in [6, 6.07) is 10.8. The molecule has 0 fully saturated rings. The third-order valence-corrected chi connectivity index (χ3v) is 3.26. The summed E-state index contributed by atoms with van der Waals surface area (Å²) in [6.07, 6.45) is 0. The first-order valence-corrected chi connectivity index (χ1v) is 6.33. The quantitative estimate of drug-likeness (QED) is 0.842. The van der Waals surface area contributed by atoms with E-state index in [1.165, 1.54) is 5.56 Å². The van der Waals surface area contributed by atoms with Crippen LogP contribution in [-0.2, 0) is 0 Å². The number of ether oxygens (including phenoxy) is 1. The molecule has 0 saturated heterocycles. The number of nitrogens with one attached hydrogen (secondary N) is 1. The monoisotopic (exact) mass is 270 g/mol. The Morgan fingerprint density at radius 3 is 2.45 bits per heavy atom. The fraction of sp³-hybridized carbons (Fsp3) is 0.188. The Morgan fingerprint density at radius 2 is 1.85 bits per heavy atom. The molecule has 0 radical (unpaired) electrons. The number of hydrogen-bond acceptors (Lipinski definition) is 3. The number of nitrogens with two attached hydrogens (primary N) is 1. The number of carbonyl (C=O) groups excluding carboxylic acids is 1. The highest BCUT2D eigenvalue weighted by Gasteiger charge is 2.09. The van der Waals surface area contributed by atoms with E-state index in [9.17, 15) is 4.79 Å². The van der Waals surface area contributed by atoms with Crippen LogP contribution in [0.1, 0.15) is 21.5 Å². The Morgan fingerprint density at radius 1 is 1.10 bits per heavy atom. The van der Waals surface area contributed by atoms with Crippen LogP contribution in [0.3, 0.4) is 0 Å². The van der Waals surface area contributed by atoms with E-state index in [1.807, 2.05) is 32.0 Å². The molecule has 0 aromatic heterocycles. The van der Waals surface area contributed by atoms with Gasteiger partial charge in [-0.1, -0.05) is 6.07 Å². The highest BCUT2D eigenvalue weighted by atomic mass is 16.5. The molecule has 2 aromatic carbocycles. The van der Waals surface area contributed by atoms with E-state index in [0.717, 1.165) is 11.3 Å². The second-order valence-corrected chi connectivity index (χ2v) is 4.71. The summed E-state index contributed by atoms with van der Waals surface area (Å²) >= 11 is 0. The number of nitrogen functional groups attached to an aromatic ring is 1. The maximum atomic E-state index is 12.2. The molecular weight excluding hydrogens is 252 g/mol. The van der Waals surface area contributed by atoms with Gasteiger partial charge in [0.05, 0.1) is 12.8 Å². The second kappa shape index (κ2) is 5.65. The van der Waals surface area contributed by atoms with E-state index in [0.29, 0.717) is 17.0 Å². The third kappa shape index (κ3) is 2.91. The molecule has 20 heavy (non-hydrogen) atoms. The maximum Gasteiger partial charge on any atom is 0.255 e. The number of carbonyl (C=O) groups is 1. The Hall–Kier alpha value is -2.49. The lowest BCUT2D eigenvalue weighted by molar-refractivity contribution is 0.102. The fourth-order valence-electron chi connectivity index (χ4n) is 1.90. The first-order chi connectivity index (χ1) is 9.51. The number of rotatable bonds is 3. The molecule has 0 spiro atoms. The number of amides is 1.